The highest BCUT2D eigenvalue weighted by Crippen LogP contribution is 2.27. The fourth-order valence-electron chi connectivity index (χ4n) is 1.85. The molecule has 118 valence electrons. The van der Waals surface area contributed by atoms with Crippen LogP contribution in [0.4, 0.5) is 11.4 Å². The van der Waals surface area contributed by atoms with E-state index in [1.165, 1.54) is 18.2 Å². The van der Waals surface area contributed by atoms with E-state index in [1.807, 2.05) is 13.0 Å². The van der Waals surface area contributed by atoms with Gasteiger partial charge in [-0.3, -0.25) is 20.2 Å². The Morgan fingerprint density at radius 2 is 2.00 bits per heavy atom. The first-order valence-electron chi connectivity index (χ1n) is 6.50. The van der Waals surface area contributed by atoms with Crippen LogP contribution < -0.4 is 10.6 Å². The molecule has 23 heavy (non-hydrogen) atoms. The predicted molar refractivity (Wildman–Crippen MR) is 93.0 cm³/mol. The lowest BCUT2D eigenvalue weighted by atomic mass is 10.1. The lowest BCUT2D eigenvalue weighted by Crippen LogP contribution is -2.34. The van der Waals surface area contributed by atoms with Gasteiger partial charge in [-0.25, -0.2) is 0 Å². The minimum Gasteiger partial charge on any atom is -0.332 e. The average molecular weight is 350 g/mol. The van der Waals surface area contributed by atoms with E-state index in [-0.39, 0.29) is 21.7 Å². The first kappa shape index (κ1) is 16.9. The number of halogens is 1. The summed E-state index contributed by atoms with van der Waals surface area (Å²) >= 11 is 10.8. The first-order chi connectivity index (χ1) is 10.9. The summed E-state index contributed by atoms with van der Waals surface area (Å²) in [7, 11) is 0. The van der Waals surface area contributed by atoms with Gasteiger partial charge in [-0.2, -0.15) is 0 Å². The second kappa shape index (κ2) is 7.17. The quantitative estimate of drug-likeness (QED) is 0.501. The summed E-state index contributed by atoms with van der Waals surface area (Å²) in [4.78, 5) is 22.3. The Labute approximate surface area is 142 Å². The van der Waals surface area contributed by atoms with Crippen molar-refractivity contribution < 1.29 is 9.72 Å². The van der Waals surface area contributed by atoms with Gasteiger partial charge in [-0.1, -0.05) is 29.3 Å². The first-order valence-corrected chi connectivity index (χ1v) is 7.28. The number of anilines is 1. The molecule has 0 radical (unpaired) electrons. The molecule has 6 nitrogen and oxygen atoms in total. The second-order valence-corrected chi connectivity index (χ2v) is 5.52. The summed E-state index contributed by atoms with van der Waals surface area (Å²) < 4.78 is 0. The van der Waals surface area contributed by atoms with E-state index in [1.54, 1.807) is 18.2 Å². The minimum absolute atomic E-state index is 0.0234. The van der Waals surface area contributed by atoms with Crippen LogP contribution in [0.1, 0.15) is 15.9 Å². The van der Waals surface area contributed by atoms with Crippen molar-refractivity contribution in [3.8, 4) is 0 Å². The van der Waals surface area contributed by atoms with Crippen molar-refractivity contribution in [2.75, 3.05) is 5.32 Å². The smallest absolute Gasteiger partial charge is 0.289 e. The largest absolute Gasteiger partial charge is 0.332 e. The summed E-state index contributed by atoms with van der Waals surface area (Å²) in [5, 5.41) is 16.1. The van der Waals surface area contributed by atoms with Gasteiger partial charge >= 0.3 is 0 Å². The highest BCUT2D eigenvalue weighted by molar-refractivity contribution is 7.80. The molecule has 0 unspecified atom stereocenters. The van der Waals surface area contributed by atoms with Crippen LogP contribution in [0.3, 0.4) is 0 Å². The molecule has 0 aromatic heterocycles. The number of amides is 1. The number of nitro groups is 1. The molecular formula is C15H12ClN3O3S. The van der Waals surface area contributed by atoms with Gasteiger partial charge in [0.25, 0.3) is 11.6 Å². The molecule has 0 aliphatic carbocycles. The molecule has 0 fully saturated rings. The van der Waals surface area contributed by atoms with Crippen molar-refractivity contribution in [1.29, 1.82) is 0 Å². The molecule has 0 atom stereocenters. The van der Waals surface area contributed by atoms with Crippen LogP contribution in [0.5, 0.6) is 0 Å². The molecule has 0 spiro atoms. The lowest BCUT2D eigenvalue weighted by molar-refractivity contribution is -0.384. The van der Waals surface area contributed by atoms with Crippen LogP contribution in [0, 0.1) is 17.0 Å². The van der Waals surface area contributed by atoms with E-state index in [9.17, 15) is 14.9 Å². The zero-order valence-electron chi connectivity index (χ0n) is 12.0. The van der Waals surface area contributed by atoms with E-state index in [0.29, 0.717) is 11.3 Å². The van der Waals surface area contributed by atoms with Crippen LogP contribution in [0.2, 0.25) is 5.02 Å². The van der Waals surface area contributed by atoms with Crippen molar-refractivity contribution in [2.24, 2.45) is 0 Å². The molecule has 2 aromatic carbocycles. The normalized spacial score (nSPS) is 10.0. The Morgan fingerprint density at radius 1 is 1.26 bits per heavy atom. The molecule has 0 bridgehead atoms. The minimum atomic E-state index is -0.595. The molecule has 0 saturated heterocycles. The van der Waals surface area contributed by atoms with E-state index >= 15 is 0 Å². The molecule has 0 heterocycles. The van der Waals surface area contributed by atoms with E-state index in [4.69, 9.17) is 23.8 Å². The third-order valence-corrected chi connectivity index (χ3v) is 3.43. The number of carbonyl (C=O) groups excluding carboxylic acids is 1. The van der Waals surface area contributed by atoms with Crippen molar-refractivity contribution >= 4 is 46.2 Å². The van der Waals surface area contributed by atoms with Crippen LogP contribution >= 0.6 is 23.8 Å². The molecule has 0 aliphatic heterocycles. The van der Waals surface area contributed by atoms with E-state index in [2.05, 4.69) is 10.6 Å². The topological polar surface area (TPSA) is 84.3 Å². The average Bonchev–Trinajstić information content (AvgIpc) is 2.48. The van der Waals surface area contributed by atoms with Gasteiger partial charge in [0.15, 0.2) is 5.11 Å². The number of hydrogen-bond donors (Lipinski definition) is 2. The number of nitro benzene ring substituents is 1. The monoisotopic (exact) mass is 349 g/mol. The zero-order chi connectivity index (χ0) is 17.0. The number of carbonyl (C=O) groups is 1. The van der Waals surface area contributed by atoms with Gasteiger partial charge in [-0.15, -0.1) is 0 Å². The molecule has 8 heteroatoms. The van der Waals surface area contributed by atoms with Gasteiger partial charge in [-0.05, 0) is 43.4 Å². The van der Waals surface area contributed by atoms with Crippen LogP contribution in [0.25, 0.3) is 0 Å². The fraction of sp³-hybridized carbons (Fsp3) is 0.0667. The Balaban J connectivity index is 2.06. The van der Waals surface area contributed by atoms with Crippen LogP contribution in [-0.2, 0) is 0 Å². The number of rotatable bonds is 3. The maximum Gasteiger partial charge on any atom is 0.289 e. The van der Waals surface area contributed by atoms with Crippen molar-refractivity contribution in [2.45, 2.75) is 6.92 Å². The lowest BCUT2D eigenvalue weighted by Gasteiger charge is -2.10. The van der Waals surface area contributed by atoms with E-state index < -0.39 is 4.92 Å². The maximum atomic E-state index is 12.1. The van der Waals surface area contributed by atoms with Crippen LogP contribution in [-0.4, -0.2) is 15.9 Å². The summed E-state index contributed by atoms with van der Waals surface area (Å²) in [6.07, 6.45) is 0. The van der Waals surface area contributed by atoms with Crippen LogP contribution in [0.15, 0.2) is 42.5 Å². The molecule has 2 aromatic rings. The van der Waals surface area contributed by atoms with E-state index in [0.717, 1.165) is 5.56 Å². The van der Waals surface area contributed by atoms with Crippen molar-refractivity contribution in [3.05, 3.63) is 68.7 Å². The highest BCUT2D eigenvalue weighted by atomic mass is 35.5. The number of hydrogen-bond acceptors (Lipinski definition) is 4. The number of nitrogens with one attached hydrogen (secondary N) is 2. The Bertz CT molecular complexity index is 795. The Morgan fingerprint density at radius 3 is 2.65 bits per heavy atom. The predicted octanol–water partition coefficient (Wildman–Crippen LogP) is 3.68. The van der Waals surface area contributed by atoms with Crippen molar-refractivity contribution in [1.82, 2.24) is 5.32 Å². The zero-order valence-corrected chi connectivity index (χ0v) is 13.6. The van der Waals surface area contributed by atoms with Gasteiger partial charge in [0.05, 0.1) is 4.92 Å². The maximum absolute atomic E-state index is 12.1. The summed E-state index contributed by atoms with van der Waals surface area (Å²) in [5.74, 6) is -0.366. The summed E-state index contributed by atoms with van der Waals surface area (Å²) in [5.41, 5.74) is 1.53. The fourth-order valence-corrected chi connectivity index (χ4v) is 2.25. The summed E-state index contributed by atoms with van der Waals surface area (Å²) in [6, 6.07) is 11.2. The van der Waals surface area contributed by atoms with Gasteiger partial charge < -0.3 is 5.32 Å². The molecule has 1 amide bonds. The Hall–Kier alpha value is -2.51. The third-order valence-electron chi connectivity index (χ3n) is 2.91. The number of nitrogens with zero attached hydrogens (tertiary/aromatic N) is 1. The summed E-state index contributed by atoms with van der Waals surface area (Å²) in [6.45, 7) is 1.88. The van der Waals surface area contributed by atoms with Gasteiger partial charge in [0, 0.05) is 17.3 Å². The Kier molecular flexibility index (Phi) is 5.25. The molecular weight excluding hydrogens is 338 g/mol. The third kappa shape index (κ3) is 4.48. The number of thiocarbonyl (C=S) groups is 1. The SMILES string of the molecule is Cc1cccc(C(=O)NC(=S)Nc2ccc(Cl)c([N+](=O)[O-])c2)c1. The van der Waals surface area contributed by atoms with Gasteiger partial charge in [0.1, 0.15) is 5.02 Å². The van der Waals surface area contributed by atoms with Crippen molar-refractivity contribution in [3.63, 3.8) is 0 Å². The number of aryl methyl sites for hydroxylation is 1. The van der Waals surface area contributed by atoms with Gasteiger partial charge in [0.2, 0.25) is 0 Å². The molecule has 0 aliphatic rings. The standard InChI is InChI=1S/C15H12ClN3O3S/c1-9-3-2-4-10(7-9)14(20)18-15(23)17-11-5-6-12(16)13(8-11)19(21)22/h2-8H,1H3,(H2,17,18,20,23). The second-order valence-electron chi connectivity index (χ2n) is 4.70. The molecule has 2 rings (SSSR count). The molecule has 0 saturated carbocycles. The number of benzene rings is 2. The molecule has 2 N–H and O–H groups in total. The highest BCUT2D eigenvalue weighted by Gasteiger charge is 2.14.